The van der Waals surface area contributed by atoms with Gasteiger partial charge in [-0.25, -0.2) is 18.2 Å². The molecule has 1 amide bonds. The van der Waals surface area contributed by atoms with Crippen molar-refractivity contribution in [1.29, 1.82) is 0 Å². The highest BCUT2D eigenvalue weighted by Crippen LogP contribution is 2.40. The Kier molecular flexibility index (Phi) is 5.49. The van der Waals surface area contributed by atoms with Crippen LogP contribution in [0.3, 0.4) is 0 Å². The summed E-state index contributed by atoms with van der Waals surface area (Å²) in [5.41, 5.74) is -1.39. The van der Waals surface area contributed by atoms with Crippen molar-refractivity contribution in [2.24, 2.45) is 0 Å². The van der Waals surface area contributed by atoms with Crippen LogP contribution < -0.4 is 25.6 Å². The highest BCUT2D eigenvalue weighted by Gasteiger charge is 2.37. The number of nitrogens with zero attached hydrogens (tertiary/aromatic N) is 1. The fourth-order valence-electron chi connectivity index (χ4n) is 2.52. The molecule has 3 N–H and O–H groups in total. The highest BCUT2D eigenvalue weighted by atomic mass is 32.2. The number of aromatic nitrogens is 2. The van der Waals surface area contributed by atoms with Crippen molar-refractivity contribution < 1.29 is 22.7 Å². The number of hydrogen-bond acceptors (Lipinski definition) is 8. The first-order valence-corrected chi connectivity index (χ1v) is 10.3. The molecule has 28 heavy (non-hydrogen) atoms. The Morgan fingerprint density at radius 1 is 1.14 bits per heavy atom. The van der Waals surface area contributed by atoms with E-state index in [9.17, 15) is 22.8 Å². The first-order chi connectivity index (χ1) is 13.2. The van der Waals surface area contributed by atoms with E-state index in [1.54, 1.807) is 18.2 Å². The van der Waals surface area contributed by atoms with E-state index in [-0.39, 0.29) is 5.75 Å². The molecule has 0 radical (unpaired) electrons. The van der Waals surface area contributed by atoms with Gasteiger partial charge in [0.15, 0.2) is 4.90 Å². The van der Waals surface area contributed by atoms with E-state index in [1.165, 1.54) is 26.0 Å². The molecule has 1 saturated heterocycles. The van der Waals surface area contributed by atoms with Gasteiger partial charge in [-0.05, 0) is 17.7 Å². The third-order valence-electron chi connectivity index (χ3n) is 3.82. The fraction of sp³-hybridized carbons (Fsp3) is 0.267. The van der Waals surface area contributed by atoms with Crippen LogP contribution in [0.5, 0.6) is 11.5 Å². The maximum absolute atomic E-state index is 12.6. The Bertz CT molecular complexity index is 1100. The molecule has 0 aliphatic carbocycles. The van der Waals surface area contributed by atoms with Gasteiger partial charge in [0.25, 0.3) is 15.6 Å². The number of methoxy groups -OCH3 is 2. The zero-order valence-electron chi connectivity index (χ0n) is 14.7. The number of carbonyl (C=O) groups excluding carboxylic acids is 1. The molecule has 1 aromatic carbocycles. The van der Waals surface area contributed by atoms with Crippen LogP contribution in [0.2, 0.25) is 0 Å². The summed E-state index contributed by atoms with van der Waals surface area (Å²) < 4.78 is 35.6. The topological polar surface area (TPSA) is 151 Å². The SMILES string of the molecule is COc1cc(OC)cc(C2SCC(=O)N2NS(=O)(=O)c2c[nH]c(=O)[nH]c2=O)c1. The second-order valence-electron chi connectivity index (χ2n) is 5.60. The van der Waals surface area contributed by atoms with Crippen molar-refractivity contribution >= 4 is 27.7 Å². The molecule has 0 saturated carbocycles. The van der Waals surface area contributed by atoms with E-state index in [0.29, 0.717) is 17.1 Å². The van der Waals surface area contributed by atoms with Gasteiger partial charge in [0.05, 0.1) is 20.0 Å². The minimum absolute atomic E-state index is 0.0225. The number of amides is 1. The molecule has 1 atom stereocenters. The lowest BCUT2D eigenvalue weighted by Crippen LogP contribution is -2.46. The van der Waals surface area contributed by atoms with E-state index >= 15 is 0 Å². The van der Waals surface area contributed by atoms with Crippen molar-refractivity contribution in [3.63, 3.8) is 0 Å². The molecule has 3 rings (SSSR count). The van der Waals surface area contributed by atoms with E-state index in [2.05, 4.69) is 9.82 Å². The molecule has 1 unspecified atom stereocenters. The van der Waals surface area contributed by atoms with Crippen molar-refractivity contribution in [1.82, 2.24) is 19.8 Å². The number of H-pyrrole nitrogens is 2. The number of rotatable bonds is 6. The van der Waals surface area contributed by atoms with Gasteiger partial charge in [0.1, 0.15) is 16.9 Å². The molecule has 0 bridgehead atoms. The smallest absolute Gasteiger partial charge is 0.325 e. The third-order valence-corrected chi connectivity index (χ3v) is 6.35. The number of thioether (sulfide) groups is 1. The number of nitrogens with one attached hydrogen (secondary N) is 3. The Hall–Kier alpha value is -2.77. The van der Waals surface area contributed by atoms with Crippen LogP contribution >= 0.6 is 11.8 Å². The van der Waals surface area contributed by atoms with Crippen LogP contribution in [0, 0.1) is 0 Å². The van der Waals surface area contributed by atoms with Gasteiger partial charge in [-0.2, -0.15) is 0 Å². The van der Waals surface area contributed by atoms with Gasteiger partial charge in [0.2, 0.25) is 5.91 Å². The Labute approximate surface area is 163 Å². The lowest BCUT2D eigenvalue weighted by Gasteiger charge is -2.24. The van der Waals surface area contributed by atoms with Gasteiger partial charge in [-0.15, -0.1) is 16.6 Å². The monoisotopic (exact) mass is 428 g/mol. The maximum Gasteiger partial charge on any atom is 0.325 e. The maximum atomic E-state index is 12.6. The van der Waals surface area contributed by atoms with Crippen LogP contribution in [-0.4, -0.2) is 49.3 Å². The largest absolute Gasteiger partial charge is 0.497 e. The summed E-state index contributed by atoms with van der Waals surface area (Å²) in [7, 11) is -1.50. The number of sulfonamides is 1. The highest BCUT2D eigenvalue weighted by molar-refractivity contribution is 8.00. The standard InChI is InChI=1S/C15H16N4O7S2/c1-25-9-3-8(4-10(5-9)26-2)14-19(12(20)7-27-14)18-28(23,24)11-6-16-15(22)17-13(11)21/h3-6,14,18H,7H2,1-2H3,(H2,16,17,21,22). The predicted octanol–water partition coefficient (Wildman–Crippen LogP) is -0.452. The van der Waals surface area contributed by atoms with Gasteiger partial charge in [0, 0.05) is 12.3 Å². The molecular formula is C15H16N4O7S2. The van der Waals surface area contributed by atoms with E-state index in [1.807, 2.05) is 4.98 Å². The number of hydrogen-bond donors (Lipinski definition) is 3. The quantitative estimate of drug-likeness (QED) is 0.560. The molecule has 13 heteroatoms. The molecule has 1 aromatic heterocycles. The van der Waals surface area contributed by atoms with E-state index < -0.39 is 37.4 Å². The van der Waals surface area contributed by atoms with Gasteiger partial charge in [-0.3, -0.25) is 14.6 Å². The minimum atomic E-state index is -4.43. The number of benzene rings is 1. The summed E-state index contributed by atoms with van der Waals surface area (Å²) in [5.74, 6) is 0.457. The number of aromatic amines is 2. The Balaban J connectivity index is 1.97. The first-order valence-electron chi connectivity index (χ1n) is 7.76. The molecule has 150 valence electrons. The molecule has 11 nitrogen and oxygen atoms in total. The fourth-order valence-corrected chi connectivity index (χ4v) is 4.74. The molecule has 1 aliphatic rings. The number of hydrazine groups is 1. The summed E-state index contributed by atoms with van der Waals surface area (Å²) in [6, 6.07) is 4.93. The van der Waals surface area contributed by atoms with Crippen LogP contribution in [0.25, 0.3) is 0 Å². The van der Waals surface area contributed by atoms with Crippen molar-refractivity contribution in [2.75, 3.05) is 20.0 Å². The van der Waals surface area contributed by atoms with E-state index in [0.717, 1.165) is 11.2 Å². The molecular weight excluding hydrogens is 412 g/mol. The minimum Gasteiger partial charge on any atom is -0.497 e. The molecule has 1 fully saturated rings. The summed E-state index contributed by atoms with van der Waals surface area (Å²) >= 11 is 1.19. The van der Waals surface area contributed by atoms with Crippen LogP contribution in [-0.2, 0) is 14.8 Å². The molecule has 2 heterocycles. The summed E-state index contributed by atoms with van der Waals surface area (Å²) in [6.45, 7) is 0. The lowest BCUT2D eigenvalue weighted by atomic mass is 10.2. The number of carbonyl (C=O) groups is 1. The molecule has 0 spiro atoms. The predicted molar refractivity (Wildman–Crippen MR) is 99.6 cm³/mol. The van der Waals surface area contributed by atoms with Crippen molar-refractivity contribution in [3.05, 3.63) is 50.8 Å². The second kappa shape index (κ2) is 7.69. The van der Waals surface area contributed by atoms with Gasteiger partial charge >= 0.3 is 5.69 Å². The molecule has 2 aromatic rings. The number of ether oxygens (including phenoxy) is 2. The van der Waals surface area contributed by atoms with Gasteiger partial charge < -0.3 is 14.5 Å². The van der Waals surface area contributed by atoms with E-state index in [4.69, 9.17) is 9.47 Å². The van der Waals surface area contributed by atoms with Crippen LogP contribution in [0.4, 0.5) is 0 Å². The zero-order valence-corrected chi connectivity index (χ0v) is 16.3. The van der Waals surface area contributed by atoms with Gasteiger partial charge in [-0.1, -0.05) is 0 Å². The first kappa shape index (κ1) is 20.0. The lowest BCUT2D eigenvalue weighted by molar-refractivity contribution is -0.129. The van der Waals surface area contributed by atoms with Crippen molar-refractivity contribution in [3.8, 4) is 11.5 Å². The second-order valence-corrected chi connectivity index (χ2v) is 8.30. The van der Waals surface area contributed by atoms with Crippen LogP contribution in [0.1, 0.15) is 10.9 Å². The Morgan fingerprint density at radius 3 is 2.36 bits per heavy atom. The Morgan fingerprint density at radius 2 is 1.79 bits per heavy atom. The zero-order chi connectivity index (χ0) is 20.5. The summed E-state index contributed by atoms with van der Waals surface area (Å²) in [4.78, 5) is 40.5. The summed E-state index contributed by atoms with van der Waals surface area (Å²) in [5, 5.41) is 0.201. The average molecular weight is 428 g/mol. The van der Waals surface area contributed by atoms with Crippen molar-refractivity contribution in [2.45, 2.75) is 10.3 Å². The molecule has 1 aliphatic heterocycles. The van der Waals surface area contributed by atoms with Crippen LogP contribution in [0.15, 0.2) is 38.9 Å². The average Bonchev–Trinajstić information content (AvgIpc) is 3.00. The normalized spacial score (nSPS) is 17.0. The summed E-state index contributed by atoms with van der Waals surface area (Å²) in [6.07, 6.45) is 0.765. The third kappa shape index (κ3) is 3.90.